The van der Waals surface area contributed by atoms with Crippen molar-refractivity contribution in [3.05, 3.63) is 39.9 Å². The molecule has 2 aromatic rings. The third kappa shape index (κ3) is 3.57. The van der Waals surface area contributed by atoms with Crippen molar-refractivity contribution in [1.82, 2.24) is 4.98 Å². The van der Waals surface area contributed by atoms with Gasteiger partial charge in [-0.25, -0.2) is 17.7 Å². The Morgan fingerprint density at radius 2 is 2.00 bits per heavy atom. The fraction of sp³-hybridized carbons (Fsp3) is 0.231. The highest BCUT2D eigenvalue weighted by atomic mass is 35.5. The van der Waals surface area contributed by atoms with Crippen LogP contribution in [0.5, 0.6) is 0 Å². The van der Waals surface area contributed by atoms with E-state index in [9.17, 15) is 13.2 Å². The molecule has 0 unspecified atom stereocenters. The Kier molecular flexibility index (Phi) is 4.74. The molecule has 2 rings (SSSR count). The molecule has 0 spiro atoms. The average molecular weight is 360 g/mol. The third-order valence-corrected chi connectivity index (χ3v) is 5.73. The van der Waals surface area contributed by atoms with Gasteiger partial charge in [-0.3, -0.25) is 4.79 Å². The number of halogens is 1. The standard InChI is InChI=1S/C13H14ClN3O3S2/c1-8-11(21-13(15-8)17(2)22(3,19)20)12(18)16-10-7-5-4-6-9(10)14/h4-7H,1-3H3,(H,16,18). The number of rotatable bonds is 4. The van der Waals surface area contributed by atoms with Gasteiger partial charge in [-0.1, -0.05) is 35.1 Å². The molecule has 0 saturated carbocycles. The second kappa shape index (κ2) is 6.23. The molecule has 0 atom stereocenters. The minimum Gasteiger partial charge on any atom is -0.320 e. The number of carbonyl (C=O) groups is 1. The number of hydrogen-bond donors (Lipinski definition) is 1. The second-order valence-corrected chi connectivity index (χ2v) is 7.97. The van der Waals surface area contributed by atoms with E-state index in [-0.39, 0.29) is 11.0 Å². The fourth-order valence-corrected chi connectivity index (χ4v) is 3.47. The Bertz CT molecular complexity index is 818. The number of hydrogen-bond acceptors (Lipinski definition) is 5. The lowest BCUT2D eigenvalue weighted by molar-refractivity contribution is 0.103. The molecule has 0 aliphatic carbocycles. The van der Waals surface area contributed by atoms with Gasteiger partial charge in [0.2, 0.25) is 10.0 Å². The zero-order valence-corrected chi connectivity index (χ0v) is 14.5. The van der Waals surface area contributed by atoms with Crippen LogP contribution in [0.4, 0.5) is 10.8 Å². The van der Waals surface area contributed by atoms with Gasteiger partial charge < -0.3 is 5.32 Å². The molecule has 0 aliphatic heterocycles. The van der Waals surface area contributed by atoms with E-state index in [4.69, 9.17) is 11.6 Å². The van der Waals surface area contributed by atoms with Crippen LogP contribution >= 0.6 is 22.9 Å². The van der Waals surface area contributed by atoms with Crippen LogP contribution in [0.25, 0.3) is 0 Å². The van der Waals surface area contributed by atoms with E-state index in [1.54, 1.807) is 31.2 Å². The Hall–Kier alpha value is -1.64. The van der Waals surface area contributed by atoms with Gasteiger partial charge in [0.25, 0.3) is 5.91 Å². The Labute approximate surface area is 137 Å². The smallest absolute Gasteiger partial charge is 0.267 e. The van der Waals surface area contributed by atoms with Crippen LogP contribution in [0.15, 0.2) is 24.3 Å². The van der Waals surface area contributed by atoms with Crippen molar-refractivity contribution < 1.29 is 13.2 Å². The number of amides is 1. The second-order valence-electron chi connectivity index (χ2n) is 4.58. The maximum atomic E-state index is 12.3. The first-order chi connectivity index (χ1) is 10.2. The fourth-order valence-electron chi connectivity index (χ4n) is 1.61. The first-order valence-electron chi connectivity index (χ1n) is 6.17. The molecule has 0 fully saturated rings. The Balaban J connectivity index is 2.28. The average Bonchev–Trinajstić information content (AvgIpc) is 2.81. The number of aryl methyl sites for hydroxylation is 1. The van der Waals surface area contributed by atoms with Crippen molar-refractivity contribution in [2.45, 2.75) is 6.92 Å². The van der Waals surface area contributed by atoms with Gasteiger partial charge in [0.05, 0.1) is 22.7 Å². The van der Waals surface area contributed by atoms with E-state index >= 15 is 0 Å². The molecule has 6 nitrogen and oxygen atoms in total. The van der Waals surface area contributed by atoms with Crippen LogP contribution in [-0.2, 0) is 10.0 Å². The molecule has 1 N–H and O–H groups in total. The zero-order chi connectivity index (χ0) is 16.5. The molecule has 1 aromatic heterocycles. The lowest BCUT2D eigenvalue weighted by Crippen LogP contribution is -2.24. The van der Waals surface area contributed by atoms with Crippen molar-refractivity contribution in [3.63, 3.8) is 0 Å². The molecule has 0 aliphatic rings. The van der Waals surface area contributed by atoms with Gasteiger partial charge in [0.15, 0.2) is 5.13 Å². The summed E-state index contributed by atoms with van der Waals surface area (Å²) in [4.78, 5) is 16.8. The lowest BCUT2D eigenvalue weighted by Gasteiger charge is -2.11. The summed E-state index contributed by atoms with van der Waals surface area (Å²) in [6, 6.07) is 6.86. The number of sulfonamides is 1. The molecule has 0 radical (unpaired) electrons. The van der Waals surface area contributed by atoms with E-state index in [1.165, 1.54) is 7.05 Å². The predicted octanol–water partition coefficient (Wildman–Crippen LogP) is 2.75. The van der Waals surface area contributed by atoms with Crippen LogP contribution in [0.1, 0.15) is 15.4 Å². The van der Waals surface area contributed by atoms with Crippen LogP contribution < -0.4 is 9.62 Å². The van der Waals surface area contributed by atoms with Crippen LogP contribution in [0, 0.1) is 6.92 Å². The minimum absolute atomic E-state index is 0.240. The van der Waals surface area contributed by atoms with E-state index in [2.05, 4.69) is 10.3 Å². The van der Waals surface area contributed by atoms with E-state index < -0.39 is 10.0 Å². The van der Waals surface area contributed by atoms with Crippen molar-refractivity contribution >= 4 is 49.7 Å². The maximum Gasteiger partial charge on any atom is 0.267 e. The number of carbonyl (C=O) groups excluding carboxylic acids is 1. The monoisotopic (exact) mass is 359 g/mol. The highest BCUT2D eigenvalue weighted by molar-refractivity contribution is 7.92. The molecule has 1 amide bonds. The topological polar surface area (TPSA) is 79.4 Å². The Morgan fingerprint density at radius 1 is 1.36 bits per heavy atom. The first kappa shape index (κ1) is 16.7. The van der Waals surface area contributed by atoms with E-state index in [1.807, 2.05) is 0 Å². The quantitative estimate of drug-likeness (QED) is 0.910. The number of nitrogens with one attached hydrogen (secondary N) is 1. The highest BCUT2D eigenvalue weighted by Gasteiger charge is 2.21. The van der Waals surface area contributed by atoms with Gasteiger partial charge in [-0.15, -0.1) is 0 Å². The van der Waals surface area contributed by atoms with Crippen LogP contribution in [0.3, 0.4) is 0 Å². The van der Waals surface area contributed by atoms with Gasteiger partial charge in [0.1, 0.15) is 4.88 Å². The molecule has 9 heteroatoms. The number of thiazole rings is 1. The van der Waals surface area contributed by atoms with Crippen molar-refractivity contribution in [1.29, 1.82) is 0 Å². The van der Waals surface area contributed by atoms with E-state index in [0.29, 0.717) is 21.3 Å². The van der Waals surface area contributed by atoms with Gasteiger partial charge in [-0.2, -0.15) is 0 Å². The lowest BCUT2D eigenvalue weighted by atomic mass is 10.3. The molecular weight excluding hydrogens is 346 g/mol. The summed E-state index contributed by atoms with van der Waals surface area (Å²) >= 11 is 7.00. The predicted molar refractivity (Wildman–Crippen MR) is 89.5 cm³/mol. The molecule has 0 bridgehead atoms. The summed E-state index contributed by atoms with van der Waals surface area (Å²) in [6.45, 7) is 1.65. The summed E-state index contributed by atoms with van der Waals surface area (Å²) < 4.78 is 24.1. The third-order valence-electron chi connectivity index (χ3n) is 2.88. The largest absolute Gasteiger partial charge is 0.320 e. The molecule has 22 heavy (non-hydrogen) atoms. The summed E-state index contributed by atoms with van der Waals surface area (Å²) in [5.74, 6) is -0.378. The number of aromatic nitrogens is 1. The number of benzene rings is 1. The van der Waals surface area contributed by atoms with E-state index in [0.717, 1.165) is 21.9 Å². The van der Waals surface area contributed by atoms with Gasteiger partial charge in [-0.05, 0) is 19.1 Å². The molecular formula is C13H14ClN3O3S2. The van der Waals surface area contributed by atoms with Crippen LogP contribution in [-0.4, -0.2) is 32.6 Å². The normalized spacial score (nSPS) is 11.3. The molecule has 0 saturated heterocycles. The maximum absolute atomic E-state index is 12.3. The van der Waals surface area contributed by atoms with Crippen molar-refractivity contribution in [2.75, 3.05) is 22.9 Å². The van der Waals surface area contributed by atoms with Crippen molar-refractivity contribution in [3.8, 4) is 0 Å². The summed E-state index contributed by atoms with van der Waals surface area (Å²) in [7, 11) is -2.03. The highest BCUT2D eigenvalue weighted by Crippen LogP contribution is 2.28. The summed E-state index contributed by atoms with van der Waals surface area (Å²) in [5.41, 5.74) is 0.944. The number of para-hydroxylation sites is 1. The zero-order valence-electron chi connectivity index (χ0n) is 12.1. The molecule has 1 aromatic carbocycles. The van der Waals surface area contributed by atoms with Crippen LogP contribution in [0.2, 0.25) is 5.02 Å². The Morgan fingerprint density at radius 3 is 2.59 bits per heavy atom. The molecule has 118 valence electrons. The minimum atomic E-state index is -3.42. The van der Waals surface area contributed by atoms with Crippen molar-refractivity contribution in [2.24, 2.45) is 0 Å². The number of anilines is 2. The SMILES string of the molecule is Cc1nc(N(C)S(C)(=O)=O)sc1C(=O)Nc1ccccc1Cl. The summed E-state index contributed by atoms with van der Waals surface area (Å²) in [6.07, 6.45) is 1.08. The molecule has 1 heterocycles. The summed E-state index contributed by atoms with van der Waals surface area (Å²) in [5, 5.41) is 3.35. The first-order valence-corrected chi connectivity index (χ1v) is 9.21. The van der Waals surface area contributed by atoms with Gasteiger partial charge in [0, 0.05) is 7.05 Å². The number of nitrogens with zero attached hydrogens (tertiary/aromatic N) is 2. The van der Waals surface area contributed by atoms with Gasteiger partial charge >= 0.3 is 0 Å².